The van der Waals surface area contributed by atoms with E-state index in [1.165, 1.54) is 0 Å². The van der Waals surface area contributed by atoms with Gasteiger partial charge in [-0.15, -0.1) is 0 Å². The summed E-state index contributed by atoms with van der Waals surface area (Å²) in [5.41, 5.74) is 0.729. The monoisotopic (exact) mass is 314 g/mol. The molecule has 2 rings (SSSR count). The number of amides is 1. The fourth-order valence-corrected chi connectivity index (χ4v) is 2.98. The summed E-state index contributed by atoms with van der Waals surface area (Å²) in [5.74, 6) is -0.0164. The summed E-state index contributed by atoms with van der Waals surface area (Å²) >= 11 is 1.61. The van der Waals surface area contributed by atoms with Crippen LogP contribution in [-0.4, -0.2) is 25.5 Å². The van der Waals surface area contributed by atoms with Crippen LogP contribution in [0.25, 0.3) is 0 Å². The number of carbonyl (C=O) groups is 1. The second-order valence-corrected chi connectivity index (χ2v) is 6.03. The van der Waals surface area contributed by atoms with Gasteiger partial charge in [0.2, 0.25) is 0 Å². The summed E-state index contributed by atoms with van der Waals surface area (Å²) in [7, 11) is 0. The highest BCUT2D eigenvalue weighted by molar-refractivity contribution is 7.99. The Morgan fingerprint density at radius 3 is 2.45 bits per heavy atom. The molecule has 0 atom stereocenters. The van der Waals surface area contributed by atoms with Gasteiger partial charge in [-0.1, -0.05) is 49.0 Å². The lowest BCUT2D eigenvalue weighted by Gasteiger charge is -2.10. The number of hydrogen-bond donors (Lipinski definition) is 2. The third kappa shape index (κ3) is 5.20. The van der Waals surface area contributed by atoms with Gasteiger partial charge in [0.15, 0.2) is 0 Å². The maximum absolute atomic E-state index is 12.3. The maximum Gasteiger partial charge on any atom is 0.252 e. The molecule has 22 heavy (non-hydrogen) atoms. The van der Waals surface area contributed by atoms with Gasteiger partial charge in [-0.05, 0) is 37.2 Å². The highest BCUT2D eigenvalue weighted by Gasteiger charge is 2.11. The first-order valence-electron chi connectivity index (χ1n) is 7.62. The molecule has 0 bridgehead atoms. The van der Waals surface area contributed by atoms with Crippen LogP contribution in [0.1, 0.15) is 23.7 Å². The van der Waals surface area contributed by atoms with E-state index in [0.29, 0.717) is 6.54 Å². The van der Waals surface area contributed by atoms with Crippen LogP contribution >= 0.6 is 11.8 Å². The van der Waals surface area contributed by atoms with Gasteiger partial charge in [-0.25, -0.2) is 0 Å². The molecular formula is C18H22N2OS. The fraction of sp³-hybridized carbons (Fsp3) is 0.278. The van der Waals surface area contributed by atoms with Gasteiger partial charge >= 0.3 is 0 Å². The van der Waals surface area contributed by atoms with Gasteiger partial charge in [-0.3, -0.25) is 4.79 Å². The zero-order valence-corrected chi connectivity index (χ0v) is 13.7. The Morgan fingerprint density at radius 2 is 1.68 bits per heavy atom. The average molecular weight is 314 g/mol. The molecule has 0 saturated carbocycles. The molecule has 0 saturated heterocycles. The molecule has 116 valence electrons. The van der Waals surface area contributed by atoms with Gasteiger partial charge in [0.05, 0.1) is 5.56 Å². The lowest BCUT2D eigenvalue weighted by molar-refractivity contribution is 0.0951. The molecule has 0 spiro atoms. The Balaban J connectivity index is 1.97. The molecule has 0 aliphatic rings. The topological polar surface area (TPSA) is 41.1 Å². The zero-order valence-electron chi connectivity index (χ0n) is 12.8. The van der Waals surface area contributed by atoms with Crippen molar-refractivity contribution >= 4 is 17.7 Å². The summed E-state index contributed by atoms with van der Waals surface area (Å²) in [6.07, 6.45) is 1.10. The van der Waals surface area contributed by atoms with Crippen LogP contribution in [0.2, 0.25) is 0 Å². The summed E-state index contributed by atoms with van der Waals surface area (Å²) in [5, 5.41) is 6.25. The number of hydrogen-bond acceptors (Lipinski definition) is 3. The van der Waals surface area contributed by atoms with Crippen LogP contribution in [0.4, 0.5) is 0 Å². The number of carbonyl (C=O) groups excluding carboxylic acids is 1. The first kappa shape index (κ1) is 16.6. The van der Waals surface area contributed by atoms with Crippen molar-refractivity contribution in [2.45, 2.75) is 23.1 Å². The minimum Gasteiger partial charge on any atom is -0.351 e. The van der Waals surface area contributed by atoms with E-state index in [4.69, 9.17) is 0 Å². The lowest BCUT2D eigenvalue weighted by Crippen LogP contribution is -2.32. The van der Waals surface area contributed by atoms with Gasteiger partial charge in [0.25, 0.3) is 5.91 Å². The van der Waals surface area contributed by atoms with E-state index in [-0.39, 0.29) is 5.91 Å². The second kappa shape index (κ2) is 9.28. The first-order valence-corrected chi connectivity index (χ1v) is 8.43. The molecule has 2 aromatic rings. The zero-order chi connectivity index (χ0) is 15.6. The molecule has 0 fully saturated rings. The SMILES string of the molecule is CCCNCCNC(=O)c1ccccc1Sc1ccccc1. The molecule has 0 aliphatic carbocycles. The minimum atomic E-state index is -0.0164. The molecule has 0 radical (unpaired) electrons. The largest absolute Gasteiger partial charge is 0.351 e. The maximum atomic E-state index is 12.3. The Hall–Kier alpha value is -1.78. The third-order valence-corrected chi connectivity index (χ3v) is 4.20. The Morgan fingerprint density at radius 1 is 0.955 bits per heavy atom. The average Bonchev–Trinajstić information content (AvgIpc) is 2.56. The molecule has 0 heterocycles. The van der Waals surface area contributed by atoms with Gasteiger partial charge in [-0.2, -0.15) is 0 Å². The molecule has 1 amide bonds. The summed E-state index contributed by atoms with van der Waals surface area (Å²) in [6.45, 7) is 4.55. The summed E-state index contributed by atoms with van der Waals surface area (Å²) in [4.78, 5) is 14.4. The summed E-state index contributed by atoms with van der Waals surface area (Å²) < 4.78 is 0. The fourth-order valence-electron chi connectivity index (χ4n) is 2.02. The van der Waals surface area contributed by atoms with Gasteiger partial charge in [0.1, 0.15) is 0 Å². The normalized spacial score (nSPS) is 10.4. The lowest BCUT2D eigenvalue weighted by atomic mass is 10.2. The standard InChI is InChI=1S/C18H22N2OS/c1-2-12-19-13-14-20-18(21)16-10-6-7-11-17(16)22-15-8-4-3-5-9-15/h3-11,19H,2,12-14H2,1H3,(H,20,21). The molecule has 0 aliphatic heterocycles. The molecule has 2 aromatic carbocycles. The quantitative estimate of drug-likeness (QED) is 0.732. The van der Waals surface area contributed by atoms with E-state index in [1.807, 2.05) is 54.6 Å². The highest BCUT2D eigenvalue weighted by Crippen LogP contribution is 2.30. The van der Waals surface area contributed by atoms with Crippen LogP contribution in [0, 0.1) is 0 Å². The second-order valence-electron chi connectivity index (χ2n) is 4.92. The molecular weight excluding hydrogens is 292 g/mol. The molecule has 0 unspecified atom stereocenters. The van der Waals surface area contributed by atoms with E-state index in [1.54, 1.807) is 11.8 Å². The van der Waals surface area contributed by atoms with Crippen molar-refractivity contribution in [1.82, 2.24) is 10.6 Å². The predicted molar refractivity (Wildman–Crippen MR) is 92.5 cm³/mol. The van der Waals surface area contributed by atoms with Crippen LogP contribution in [0.5, 0.6) is 0 Å². The predicted octanol–water partition coefficient (Wildman–Crippen LogP) is 3.57. The van der Waals surface area contributed by atoms with Crippen molar-refractivity contribution in [1.29, 1.82) is 0 Å². The molecule has 3 nitrogen and oxygen atoms in total. The van der Waals surface area contributed by atoms with Gasteiger partial charge in [0, 0.05) is 22.9 Å². The van der Waals surface area contributed by atoms with E-state index in [0.717, 1.165) is 34.9 Å². The third-order valence-electron chi connectivity index (χ3n) is 3.12. The van der Waals surface area contributed by atoms with Crippen LogP contribution < -0.4 is 10.6 Å². The number of benzene rings is 2. The molecule has 2 N–H and O–H groups in total. The van der Waals surface area contributed by atoms with E-state index in [9.17, 15) is 4.79 Å². The number of nitrogens with one attached hydrogen (secondary N) is 2. The van der Waals surface area contributed by atoms with Gasteiger partial charge < -0.3 is 10.6 Å². The first-order chi connectivity index (χ1) is 10.8. The van der Waals surface area contributed by atoms with Crippen molar-refractivity contribution in [2.75, 3.05) is 19.6 Å². The van der Waals surface area contributed by atoms with Crippen LogP contribution in [-0.2, 0) is 0 Å². The highest BCUT2D eigenvalue weighted by atomic mass is 32.2. The smallest absolute Gasteiger partial charge is 0.252 e. The van der Waals surface area contributed by atoms with Crippen molar-refractivity contribution in [3.8, 4) is 0 Å². The van der Waals surface area contributed by atoms with Crippen molar-refractivity contribution in [3.63, 3.8) is 0 Å². The Labute approximate surface area is 136 Å². The van der Waals surface area contributed by atoms with E-state index < -0.39 is 0 Å². The van der Waals surface area contributed by atoms with Crippen LogP contribution in [0.15, 0.2) is 64.4 Å². The summed E-state index contributed by atoms with van der Waals surface area (Å²) in [6, 6.07) is 17.8. The van der Waals surface area contributed by atoms with Crippen molar-refractivity contribution in [2.24, 2.45) is 0 Å². The van der Waals surface area contributed by atoms with Crippen molar-refractivity contribution in [3.05, 3.63) is 60.2 Å². The Kier molecular flexibility index (Phi) is 7.00. The molecule has 0 aromatic heterocycles. The number of rotatable bonds is 8. The van der Waals surface area contributed by atoms with Crippen LogP contribution in [0.3, 0.4) is 0 Å². The van der Waals surface area contributed by atoms with E-state index in [2.05, 4.69) is 17.6 Å². The molecule has 4 heteroatoms. The Bertz CT molecular complexity index is 587. The van der Waals surface area contributed by atoms with Crippen molar-refractivity contribution < 1.29 is 4.79 Å². The van der Waals surface area contributed by atoms with E-state index >= 15 is 0 Å². The minimum absolute atomic E-state index is 0.0164.